The quantitative estimate of drug-likeness (QED) is 0.631. The number of fused-ring (bicyclic) bond motifs is 1. The third kappa shape index (κ3) is 3.52. The molecule has 0 atom stereocenters. The summed E-state index contributed by atoms with van der Waals surface area (Å²) in [5, 5.41) is 5.05. The Hall–Kier alpha value is -3.55. The Balaban J connectivity index is 1.69. The van der Waals surface area contributed by atoms with Crippen LogP contribution in [0.4, 0.5) is 11.4 Å². The summed E-state index contributed by atoms with van der Waals surface area (Å²) in [6, 6.07) is 9.94. The number of rotatable bonds is 4. The minimum Gasteiger partial charge on any atom is -0.493 e. The molecular weight excluding hydrogens is 324 g/mol. The van der Waals surface area contributed by atoms with Crippen molar-refractivity contribution < 1.29 is 19.1 Å². The Morgan fingerprint density at radius 2 is 1.56 bits per heavy atom. The molecule has 0 saturated heterocycles. The van der Waals surface area contributed by atoms with Crippen molar-refractivity contribution in [1.29, 1.82) is 0 Å². The first-order valence-corrected chi connectivity index (χ1v) is 7.38. The van der Waals surface area contributed by atoms with E-state index in [2.05, 4.69) is 20.6 Å². The second kappa shape index (κ2) is 6.91. The smallest absolute Gasteiger partial charge is 0.314 e. The van der Waals surface area contributed by atoms with Gasteiger partial charge in [-0.15, -0.1) is 0 Å². The zero-order valence-electron chi connectivity index (χ0n) is 13.6. The molecule has 0 aliphatic rings. The molecule has 25 heavy (non-hydrogen) atoms. The van der Waals surface area contributed by atoms with E-state index < -0.39 is 11.8 Å². The lowest BCUT2D eigenvalue weighted by atomic mass is 10.2. The van der Waals surface area contributed by atoms with Crippen LogP contribution in [0.5, 0.6) is 11.5 Å². The van der Waals surface area contributed by atoms with Gasteiger partial charge < -0.3 is 25.1 Å². The number of H-pyrrole nitrogens is 1. The van der Waals surface area contributed by atoms with Crippen LogP contribution in [0.2, 0.25) is 0 Å². The maximum Gasteiger partial charge on any atom is 0.314 e. The maximum absolute atomic E-state index is 12.1. The number of carbonyl (C=O) groups is 2. The molecule has 1 aromatic heterocycles. The number of benzene rings is 2. The van der Waals surface area contributed by atoms with Gasteiger partial charge in [0.15, 0.2) is 11.5 Å². The van der Waals surface area contributed by atoms with E-state index in [-0.39, 0.29) is 0 Å². The number of aromatic amines is 1. The lowest BCUT2D eigenvalue weighted by Crippen LogP contribution is -2.29. The third-order valence-electron chi connectivity index (χ3n) is 3.53. The summed E-state index contributed by atoms with van der Waals surface area (Å²) in [6.07, 6.45) is 1.56. The van der Waals surface area contributed by atoms with Crippen molar-refractivity contribution in [3.8, 4) is 11.5 Å². The number of hydrogen-bond donors (Lipinski definition) is 3. The van der Waals surface area contributed by atoms with Gasteiger partial charge >= 0.3 is 11.8 Å². The Labute approximate surface area is 143 Å². The molecule has 0 unspecified atom stereocenters. The zero-order chi connectivity index (χ0) is 17.8. The highest BCUT2D eigenvalue weighted by Crippen LogP contribution is 2.29. The van der Waals surface area contributed by atoms with Crippen molar-refractivity contribution in [3.05, 3.63) is 42.7 Å². The molecule has 0 spiro atoms. The summed E-state index contributed by atoms with van der Waals surface area (Å²) in [5.41, 5.74) is 2.44. The number of methoxy groups -OCH3 is 2. The van der Waals surface area contributed by atoms with E-state index in [1.165, 1.54) is 14.2 Å². The Morgan fingerprint density at radius 1 is 0.920 bits per heavy atom. The first-order chi connectivity index (χ1) is 12.1. The number of imidazole rings is 1. The Morgan fingerprint density at radius 3 is 2.24 bits per heavy atom. The maximum atomic E-state index is 12.1. The molecule has 3 rings (SSSR count). The van der Waals surface area contributed by atoms with Crippen molar-refractivity contribution >= 4 is 34.2 Å². The standard InChI is InChI=1S/C17H16N4O4/c1-24-14-6-4-11(8-15(14)25-2)21-17(23)16(22)20-10-3-5-12-13(7-10)19-9-18-12/h3-9H,1-2H3,(H,18,19)(H,20,22)(H,21,23). The van der Waals surface area contributed by atoms with Crippen molar-refractivity contribution in [1.82, 2.24) is 9.97 Å². The first-order valence-electron chi connectivity index (χ1n) is 7.38. The predicted octanol–water partition coefficient (Wildman–Crippen LogP) is 2.16. The highest BCUT2D eigenvalue weighted by atomic mass is 16.5. The van der Waals surface area contributed by atoms with E-state index in [9.17, 15) is 9.59 Å². The SMILES string of the molecule is COc1ccc(NC(=O)C(=O)Nc2ccc3nc[nH]c3c2)cc1OC. The van der Waals surface area contributed by atoms with Gasteiger partial charge in [-0.05, 0) is 30.3 Å². The molecule has 1 heterocycles. The lowest BCUT2D eigenvalue weighted by molar-refractivity contribution is -0.132. The fraction of sp³-hybridized carbons (Fsp3) is 0.118. The van der Waals surface area contributed by atoms with Gasteiger partial charge in [0.05, 0.1) is 31.6 Å². The number of aromatic nitrogens is 2. The van der Waals surface area contributed by atoms with Gasteiger partial charge in [0, 0.05) is 17.4 Å². The number of anilines is 2. The fourth-order valence-electron chi connectivity index (χ4n) is 2.30. The first kappa shape index (κ1) is 16.3. The van der Waals surface area contributed by atoms with Crippen LogP contribution >= 0.6 is 0 Å². The van der Waals surface area contributed by atoms with Gasteiger partial charge in [-0.25, -0.2) is 4.98 Å². The predicted molar refractivity (Wildman–Crippen MR) is 92.9 cm³/mol. The summed E-state index contributed by atoms with van der Waals surface area (Å²) >= 11 is 0. The molecule has 8 nitrogen and oxygen atoms in total. The largest absolute Gasteiger partial charge is 0.493 e. The van der Waals surface area contributed by atoms with Gasteiger partial charge in [0.2, 0.25) is 0 Å². The molecule has 0 saturated carbocycles. The second-order valence-electron chi connectivity index (χ2n) is 5.11. The van der Waals surface area contributed by atoms with Crippen LogP contribution in [0.1, 0.15) is 0 Å². The average molecular weight is 340 g/mol. The van der Waals surface area contributed by atoms with Crippen LogP contribution in [0, 0.1) is 0 Å². The fourth-order valence-corrected chi connectivity index (χ4v) is 2.30. The van der Waals surface area contributed by atoms with Gasteiger partial charge in [-0.2, -0.15) is 0 Å². The summed E-state index contributed by atoms with van der Waals surface area (Å²) < 4.78 is 10.3. The Kier molecular flexibility index (Phi) is 4.51. The minimum atomic E-state index is -0.795. The molecule has 0 aliphatic heterocycles. The minimum absolute atomic E-state index is 0.418. The average Bonchev–Trinajstić information content (AvgIpc) is 3.09. The number of nitrogens with one attached hydrogen (secondary N) is 3. The molecular formula is C17H16N4O4. The number of nitrogens with zero attached hydrogens (tertiary/aromatic N) is 1. The lowest BCUT2D eigenvalue weighted by Gasteiger charge is -2.10. The van der Waals surface area contributed by atoms with Crippen LogP contribution in [0.25, 0.3) is 11.0 Å². The van der Waals surface area contributed by atoms with Crippen LogP contribution in [0.15, 0.2) is 42.7 Å². The molecule has 8 heteroatoms. The molecule has 0 bridgehead atoms. The van der Waals surface area contributed by atoms with E-state index >= 15 is 0 Å². The number of amides is 2. The highest BCUT2D eigenvalue weighted by Gasteiger charge is 2.15. The molecule has 2 aromatic carbocycles. The third-order valence-corrected chi connectivity index (χ3v) is 3.53. The van der Waals surface area contributed by atoms with E-state index in [1.54, 1.807) is 42.7 Å². The molecule has 3 aromatic rings. The van der Waals surface area contributed by atoms with Crippen molar-refractivity contribution in [2.24, 2.45) is 0 Å². The monoisotopic (exact) mass is 340 g/mol. The molecule has 128 valence electrons. The normalized spacial score (nSPS) is 10.3. The van der Waals surface area contributed by atoms with Crippen LogP contribution in [-0.2, 0) is 9.59 Å². The molecule has 0 aliphatic carbocycles. The van der Waals surface area contributed by atoms with E-state index in [0.717, 1.165) is 11.0 Å². The summed E-state index contributed by atoms with van der Waals surface area (Å²) in [7, 11) is 3.00. The second-order valence-corrected chi connectivity index (χ2v) is 5.11. The zero-order valence-corrected chi connectivity index (χ0v) is 13.6. The van der Waals surface area contributed by atoms with Crippen molar-refractivity contribution in [3.63, 3.8) is 0 Å². The number of hydrogen-bond acceptors (Lipinski definition) is 5. The summed E-state index contributed by atoms with van der Waals surface area (Å²) in [6.45, 7) is 0. The molecule has 0 fully saturated rings. The molecule has 0 radical (unpaired) electrons. The molecule has 2 amide bonds. The number of ether oxygens (including phenoxy) is 2. The molecule has 3 N–H and O–H groups in total. The van der Waals surface area contributed by atoms with Crippen molar-refractivity contribution in [2.75, 3.05) is 24.9 Å². The van der Waals surface area contributed by atoms with Gasteiger partial charge in [-0.1, -0.05) is 0 Å². The van der Waals surface area contributed by atoms with Crippen molar-refractivity contribution in [2.45, 2.75) is 0 Å². The van der Waals surface area contributed by atoms with Crippen LogP contribution in [0.3, 0.4) is 0 Å². The Bertz CT molecular complexity index is 935. The van der Waals surface area contributed by atoms with Gasteiger partial charge in [0.25, 0.3) is 0 Å². The highest BCUT2D eigenvalue weighted by molar-refractivity contribution is 6.43. The topological polar surface area (TPSA) is 105 Å². The van der Waals surface area contributed by atoms with Gasteiger partial charge in [0.1, 0.15) is 0 Å². The van der Waals surface area contributed by atoms with E-state index in [0.29, 0.717) is 22.9 Å². The van der Waals surface area contributed by atoms with Crippen LogP contribution < -0.4 is 20.1 Å². The summed E-state index contributed by atoms with van der Waals surface area (Å²) in [5.74, 6) is -0.603. The summed E-state index contributed by atoms with van der Waals surface area (Å²) in [4.78, 5) is 31.2. The number of carbonyl (C=O) groups excluding carboxylic acids is 2. The van der Waals surface area contributed by atoms with E-state index in [1.807, 2.05) is 0 Å². The van der Waals surface area contributed by atoms with Gasteiger partial charge in [-0.3, -0.25) is 9.59 Å². The van der Waals surface area contributed by atoms with Crippen LogP contribution in [-0.4, -0.2) is 36.0 Å². The van der Waals surface area contributed by atoms with E-state index in [4.69, 9.17) is 9.47 Å².